The number of carboxylic acids is 1. The van der Waals surface area contributed by atoms with E-state index in [1.165, 1.54) is 13.0 Å². The van der Waals surface area contributed by atoms with E-state index in [1.807, 2.05) is 0 Å². The van der Waals surface area contributed by atoms with Crippen LogP contribution < -0.4 is 0 Å². The molecule has 1 rings (SSSR count). The third-order valence-corrected chi connectivity index (χ3v) is 4.22. The second-order valence-electron chi connectivity index (χ2n) is 3.77. The second kappa shape index (κ2) is 6.45. The van der Waals surface area contributed by atoms with E-state index in [0.717, 1.165) is 5.56 Å². The van der Waals surface area contributed by atoms with E-state index in [1.54, 1.807) is 12.1 Å². The molecular formula is C12H12Br2O4. The Morgan fingerprint density at radius 2 is 2.00 bits per heavy atom. The Labute approximate surface area is 121 Å². The number of aliphatic hydroxyl groups excluding tert-OH is 1. The van der Waals surface area contributed by atoms with Crippen molar-refractivity contribution in [2.75, 3.05) is 0 Å². The highest BCUT2D eigenvalue weighted by molar-refractivity contribution is 9.09. The SMILES string of the molecule is CC(=O)C(Br)c1c(CBr)cccc1C(O)C(=O)O. The lowest BCUT2D eigenvalue weighted by molar-refractivity contribution is -0.147. The van der Waals surface area contributed by atoms with Gasteiger partial charge in [0.05, 0.1) is 4.83 Å². The smallest absolute Gasteiger partial charge is 0.337 e. The molecule has 1 aromatic carbocycles. The first-order chi connectivity index (χ1) is 8.40. The maximum Gasteiger partial charge on any atom is 0.337 e. The highest BCUT2D eigenvalue weighted by Crippen LogP contribution is 2.34. The van der Waals surface area contributed by atoms with E-state index in [9.17, 15) is 14.7 Å². The van der Waals surface area contributed by atoms with E-state index in [0.29, 0.717) is 10.9 Å². The van der Waals surface area contributed by atoms with Crippen molar-refractivity contribution in [3.8, 4) is 0 Å². The monoisotopic (exact) mass is 378 g/mol. The minimum atomic E-state index is -1.64. The third-order valence-electron chi connectivity index (χ3n) is 2.51. The largest absolute Gasteiger partial charge is 0.479 e. The van der Waals surface area contributed by atoms with Gasteiger partial charge in [0.2, 0.25) is 0 Å². The van der Waals surface area contributed by atoms with Gasteiger partial charge in [0, 0.05) is 5.33 Å². The molecular weight excluding hydrogens is 368 g/mol. The van der Waals surface area contributed by atoms with Gasteiger partial charge < -0.3 is 10.2 Å². The summed E-state index contributed by atoms with van der Waals surface area (Å²) in [6.45, 7) is 1.40. The summed E-state index contributed by atoms with van der Waals surface area (Å²) in [5, 5.41) is 19.0. The topological polar surface area (TPSA) is 74.6 Å². The molecule has 2 unspecified atom stereocenters. The number of carbonyl (C=O) groups is 2. The number of alkyl halides is 2. The van der Waals surface area contributed by atoms with Crippen molar-refractivity contribution in [3.63, 3.8) is 0 Å². The summed E-state index contributed by atoms with van der Waals surface area (Å²) >= 11 is 6.52. The fourth-order valence-corrected chi connectivity index (χ4v) is 2.68. The number of halogens is 2. The lowest BCUT2D eigenvalue weighted by atomic mass is 9.94. The number of rotatable bonds is 5. The Morgan fingerprint density at radius 1 is 1.39 bits per heavy atom. The van der Waals surface area contributed by atoms with Crippen LogP contribution in [0.15, 0.2) is 18.2 Å². The van der Waals surface area contributed by atoms with Crippen molar-refractivity contribution in [1.82, 2.24) is 0 Å². The minimum absolute atomic E-state index is 0.151. The van der Waals surface area contributed by atoms with Crippen LogP contribution in [0.4, 0.5) is 0 Å². The van der Waals surface area contributed by atoms with E-state index >= 15 is 0 Å². The number of hydrogen-bond acceptors (Lipinski definition) is 3. The van der Waals surface area contributed by atoms with Gasteiger partial charge in [0.15, 0.2) is 6.10 Å². The molecule has 0 amide bonds. The van der Waals surface area contributed by atoms with Gasteiger partial charge in [-0.05, 0) is 23.6 Å². The molecule has 0 aromatic heterocycles. The lowest BCUT2D eigenvalue weighted by Crippen LogP contribution is -2.16. The van der Waals surface area contributed by atoms with Gasteiger partial charge in [-0.2, -0.15) is 0 Å². The van der Waals surface area contributed by atoms with Crippen molar-refractivity contribution in [2.24, 2.45) is 0 Å². The Hall–Kier alpha value is -0.720. The summed E-state index contributed by atoms with van der Waals surface area (Å²) < 4.78 is 0. The van der Waals surface area contributed by atoms with Crippen LogP contribution in [0.3, 0.4) is 0 Å². The van der Waals surface area contributed by atoms with Crippen LogP contribution in [0.1, 0.15) is 34.5 Å². The zero-order valence-electron chi connectivity index (χ0n) is 9.56. The second-order valence-corrected chi connectivity index (χ2v) is 5.24. The van der Waals surface area contributed by atoms with Crippen LogP contribution in [0.5, 0.6) is 0 Å². The third kappa shape index (κ3) is 3.18. The van der Waals surface area contributed by atoms with E-state index in [4.69, 9.17) is 5.11 Å². The quantitative estimate of drug-likeness (QED) is 0.771. The Bertz CT molecular complexity index is 473. The first kappa shape index (κ1) is 15.3. The van der Waals surface area contributed by atoms with E-state index < -0.39 is 16.9 Å². The summed E-state index contributed by atoms with van der Waals surface area (Å²) in [5.41, 5.74) is 1.51. The van der Waals surface area contributed by atoms with Crippen molar-refractivity contribution in [3.05, 3.63) is 34.9 Å². The Morgan fingerprint density at radius 3 is 2.44 bits per heavy atom. The zero-order chi connectivity index (χ0) is 13.9. The molecule has 98 valence electrons. The summed E-state index contributed by atoms with van der Waals surface area (Å²) in [7, 11) is 0. The molecule has 0 aliphatic heterocycles. The van der Waals surface area contributed by atoms with Gasteiger partial charge in [0.25, 0.3) is 0 Å². The van der Waals surface area contributed by atoms with Crippen LogP contribution in [-0.4, -0.2) is 22.0 Å². The molecule has 0 fully saturated rings. The molecule has 0 aliphatic rings. The minimum Gasteiger partial charge on any atom is -0.479 e. The molecule has 1 aromatic rings. The first-order valence-corrected chi connectivity index (χ1v) is 7.16. The summed E-state index contributed by atoms with van der Waals surface area (Å²) in [4.78, 5) is 21.7. The fourth-order valence-electron chi connectivity index (χ4n) is 1.63. The predicted molar refractivity (Wildman–Crippen MR) is 74.0 cm³/mol. The number of aliphatic hydroxyl groups is 1. The van der Waals surface area contributed by atoms with Gasteiger partial charge in [-0.15, -0.1) is 0 Å². The molecule has 6 heteroatoms. The number of benzene rings is 1. The summed E-state index contributed by atoms with van der Waals surface area (Å²) in [6, 6.07) is 4.94. The molecule has 2 atom stereocenters. The molecule has 0 aliphatic carbocycles. The van der Waals surface area contributed by atoms with E-state index in [-0.39, 0.29) is 11.3 Å². The summed E-state index contributed by atoms with van der Waals surface area (Å²) in [6.07, 6.45) is -1.64. The van der Waals surface area contributed by atoms with Gasteiger partial charge in [-0.25, -0.2) is 4.79 Å². The van der Waals surface area contributed by atoms with Gasteiger partial charge in [-0.1, -0.05) is 50.1 Å². The van der Waals surface area contributed by atoms with Crippen molar-refractivity contribution in [1.29, 1.82) is 0 Å². The molecule has 0 bridgehead atoms. The van der Waals surface area contributed by atoms with Gasteiger partial charge >= 0.3 is 5.97 Å². The average Bonchev–Trinajstić information content (AvgIpc) is 2.35. The van der Waals surface area contributed by atoms with Crippen molar-refractivity contribution < 1.29 is 19.8 Å². The predicted octanol–water partition coefficient (Wildman–Crippen LogP) is 2.72. The summed E-state index contributed by atoms with van der Waals surface area (Å²) in [5.74, 6) is -1.49. The standard InChI is InChI=1S/C12H12Br2O4/c1-6(15)10(14)9-7(5-13)3-2-4-8(9)11(16)12(17)18/h2-4,10-11,16H,5H2,1H3,(H,17,18). The molecule has 0 radical (unpaired) electrons. The molecule has 0 spiro atoms. The zero-order valence-corrected chi connectivity index (χ0v) is 12.7. The number of hydrogen-bond donors (Lipinski definition) is 2. The van der Waals surface area contributed by atoms with E-state index in [2.05, 4.69) is 31.9 Å². The number of ketones is 1. The van der Waals surface area contributed by atoms with Crippen LogP contribution in [0.2, 0.25) is 0 Å². The normalized spacial score (nSPS) is 14.0. The number of carbonyl (C=O) groups excluding carboxylic acids is 1. The number of aliphatic carboxylic acids is 1. The molecule has 2 N–H and O–H groups in total. The van der Waals surface area contributed by atoms with Crippen molar-refractivity contribution >= 4 is 43.6 Å². The highest BCUT2D eigenvalue weighted by atomic mass is 79.9. The number of carboxylic acid groups (broad SMARTS) is 1. The molecule has 0 heterocycles. The molecule has 4 nitrogen and oxygen atoms in total. The Kier molecular flexibility index (Phi) is 5.49. The maximum absolute atomic E-state index is 11.5. The lowest BCUT2D eigenvalue weighted by Gasteiger charge is -2.18. The Balaban J connectivity index is 3.42. The van der Waals surface area contributed by atoms with Gasteiger partial charge in [0.1, 0.15) is 5.78 Å². The molecule has 0 saturated heterocycles. The van der Waals surface area contributed by atoms with Crippen LogP contribution >= 0.6 is 31.9 Å². The fraction of sp³-hybridized carbons (Fsp3) is 0.333. The average molecular weight is 380 g/mol. The van der Waals surface area contributed by atoms with Crippen LogP contribution in [-0.2, 0) is 14.9 Å². The molecule has 0 saturated carbocycles. The maximum atomic E-state index is 11.5. The first-order valence-electron chi connectivity index (χ1n) is 5.13. The molecule has 18 heavy (non-hydrogen) atoms. The van der Waals surface area contributed by atoms with Crippen LogP contribution in [0, 0.1) is 0 Å². The highest BCUT2D eigenvalue weighted by Gasteiger charge is 2.26. The van der Waals surface area contributed by atoms with Gasteiger partial charge in [-0.3, -0.25) is 4.79 Å². The van der Waals surface area contributed by atoms with Crippen LogP contribution in [0.25, 0.3) is 0 Å². The van der Waals surface area contributed by atoms with Crippen molar-refractivity contribution in [2.45, 2.75) is 23.2 Å². The number of Topliss-reactive ketones (excluding diaryl/α,β-unsaturated/α-hetero) is 1.